The molecule has 0 radical (unpaired) electrons. The SMILES string of the molecule is CC(=O)N[C@@H]1[C@@H](O)[C@H](O[C@@H]2O[C@H](CO)[C@@H](O[C@@H]3O[C@H](CO[C@H]4O[C@H](CO)[C@@H](O)[C@H](O[C@H]5O[C@H](CO)[C@@H](O)[C@H](O)[C@@H]5O)[C@@H]4O)[C@@H](O)[C@H](O[C@H]4O[C@H](CO)[C@@H](O)[C@H](O)[C@@H]4O[C@@H]4O[C@H](CO)[C@@H](O[C@@H]5O[C@@H](C)[C@@H](O)[C@@H](O)[C@@H]5O)[C@H](O[C@@H]5O[C@H](CO)[C@H](OS(=O)(=O)O)[C@H](O[C@]6(C(=O)O)C[C@H](O)[C@@H](NC(=O)CO)[C@H]([C@H](O)[C@H](O)CO)O6)[C@H]5O)[C@H]4NC(C)=O)[C@@H]3O)[C@H](O)[C@H]2NC(C)=O)[C@@H](CO[C@@H]2O[C@@H](C)[C@@H](O)[C@@H](O)[C@@H]2O)O[C@H]1O. The number of rotatable bonds is 39. The molecule has 0 spiro atoms. The number of carboxylic acids is 1. The quantitative estimate of drug-likeness (QED) is 0.0254. The Hall–Kier alpha value is -4.82. The maximum absolute atomic E-state index is 14.0. The Labute approximate surface area is 807 Å². The van der Waals surface area contributed by atoms with Crippen LogP contribution >= 0.6 is 0 Å². The Kier molecular flexibility index (Phi) is 41.9. The molecule has 11 heterocycles. The average molecular weight is 2120 g/mol. The summed E-state index contributed by atoms with van der Waals surface area (Å²) in [6.45, 7) is -7.99. The fraction of sp³-hybridized carbons (Fsp3) is 0.935. The first-order valence-corrected chi connectivity index (χ1v) is 46.2. The van der Waals surface area contributed by atoms with Gasteiger partial charge in [-0.3, -0.25) is 23.7 Å². The lowest BCUT2D eigenvalue weighted by molar-refractivity contribution is -0.406. The third-order valence-electron chi connectivity index (χ3n) is 25.8. The van der Waals surface area contributed by atoms with Gasteiger partial charge in [0.2, 0.25) is 23.6 Å². The van der Waals surface area contributed by atoms with Gasteiger partial charge < -0.3 is 279 Å². The molecule has 0 aliphatic carbocycles. The van der Waals surface area contributed by atoms with Crippen LogP contribution in [0.4, 0.5) is 0 Å². The summed E-state index contributed by atoms with van der Waals surface area (Å²) >= 11 is 0. The molecule has 11 saturated heterocycles. The molecule has 0 unspecified atom stereocenters. The van der Waals surface area contributed by atoms with Crippen molar-refractivity contribution < 1.29 is 299 Å². The number of nitrogens with one attached hydrogen (secondary N) is 4. The number of aliphatic hydroxyl groups excluding tert-OH is 30. The fourth-order valence-corrected chi connectivity index (χ4v) is 18.7. The molecule has 11 aliphatic heterocycles. The van der Waals surface area contributed by atoms with Gasteiger partial charge in [-0.2, -0.15) is 8.42 Å². The van der Waals surface area contributed by atoms with E-state index in [9.17, 15) is 195 Å². The lowest BCUT2D eigenvalue weighted by Gasteiger charge is -2.53. The van der Waals surface area contributed by atoms with Gasteiger partial charge in [0.05, 0.1) is 83.8 Å². The summed E-state index contributed by atoms with van der Waals surface area (Å²) < 4.78 is 166. The van der Waals surface area contributed by atoms with Crippen molar-refractivity contribution in [3.63, 3.8) is 0 Å². The summed E-state index contributed by atoms with van der Waals surface area (Å²) in [6, 6.07) is -8.47. The number of carbonyl (C=O) groups is 5. The summed E-state index contributed by atoms with van der Waals surface area (Å²) in [7, 11) is -6.01. The van der Waals surface area contributed by atoms with Crippen LogP contribution in [-0.4, -0.2) is 610 Å². The minimum absolute atomic E-state index is 0.747. The summed E-state index contributed by atoms with van der Waals surface area (Å²) in [5.74, 6) is -10.7. The van der Waals surface area contributed by atoms with Crippen LogP contribution in [0.25, 0.3) is 0 Å². The molecule has 66 heteroatoms. The van der Waals surface area contributed by atoms with Gasteiger partial charge in [0.15, 0.2) is 62.9 Å². The summed E-state index contributed by atoms with van der Waals surface area (Å²) in [5.41, 5.74) is 0. The first kappa shape index (κ1) is 118. The molecule has 11 fully saturated rings. The number of carbonyl (C=O) groups excluding carboxylic acids is 4. The molecule has 56 atom stereocenters. The third kappa shape index (κ3) is 26.6. The molecule has 11 aliphatic rings. The van der Waals surface area contributed by atoms with Gasteiger partial charge in [0.25, 0.3) is 5.79 Å². The molecule has 828 valence electrons. The summed E-state index contributed by atoms with van der Waals surface area (Å²) in [6.07, 6.45) is -118. The van der Waals surface area contributed by atoms with Crippen LogP contribution in [0.5, 0.6) is 0 Å². The number of hydrogen-bond acceptors (Lipinski definition) is 59. The standard InChI is InChI=1S/C77H128N4O61S/c1-17-37(96)46(105)50(109)69(123-17)122-16-31-57(44(103)34(66(115)125-31)78-19(3)90)133-67-35(79-20(4)91)45(104)56(27(11-86)129-67)134-73-54(113)63(43(102)30(132-73)15-121-70-53(112)62(42(101)26(10-85)126-70)137-72-52(111)48(107)40(99)24(8-83)127-72)138-75-65(49(108)41(100)25(9-84)128-75)139-68-36(80-21(5)92)61(58(28(12-87)130-68)135-71-51(110)47(106)38(97)18(2)124-71)136-74-55(114)64(59(29(13-88)131-74)142-143(118,119)120)141-77(76(116)117)6-22(93)33(81-32(95)14-89)60(140-77)39(98)23(94)7-82/h17-18,22-31,33-75,82-89,93-94,96-115H,6-16H2,1-5H3,(H,78,90)(H,79,91)(H,80,92)(H,81,95)(H,116,117)(H,118,119,120)/t17-,18-,22-,23+,24+,25+,26+,27+,28+,29+,30+,31+,33+,34+,35+,36+,37+,38+,39+,40+,41+,42+,43+,44+,45+,46+,47+,48-,49-,50-,51-,52-,53-,54-,55+,56+,57+,58+,59-,60+,61+,62-,63-,64+,65-,66+,67-,68-,69+,70-,71-,72+,73-,74-,75+,77-/m0/s1. The monoisotopic (exact) mass is 2120 g/mol. The summed E-state index contributed by atoms with van der Waals surface area (Å²) in [5, 5.41) is 358. The van der Waals surface area contributed by atoms with Crippen LogP contribution in [0.2, 0.25) is 0 Å². The van der Waals surface area contributed by atoms with Crippen molar-refractivity contribution in [3.05, 3.63) is 0 Å². The van der Waals surface area contributed by atoms with Crippen molar-refractivity contribution in [2.24, 2.45) is 0 Å². The van der Waals surface area contributed by atoms with Crippen LogP contribution in [0, 0.1) is 0 Å². The van der Waals surface area contributed by atoms with Gasteiger partial charge in [0, 0.05) is 27.2 Å². The maximum atomic E-state index is 14.0. The Morgan fingerprint density at radius 2 is 0.720 bits per heavy atom. The number of aliphatic carboxylic acids is 1. The molecule has 0 saturated carbocycles. The molecule has 143 heavy (non-hydrogen) atoms. The van der Waals surface area contributed by atoms with Gasteiger partial charge >= 0.3 is 16.4 Å². The van der Waals surface area contributed by atoms with E-state index in [2.05, 4.69) is 16.0 Å². The van der Waals surface area contributed by atoms with E-state index in [1.54, 1.807) is 0 Å². The second kappa shape index (κ2) is 50.6. The largest absolute Gasteiger partial charge is 0.477 e. The molecule has 0 aromatic rings. The van der Waals surface area contributed by atoms with Crippen LogP contribution < -0.4 is 21.3 Å². The van der Waals surface area contributed by atoms with Gasteiger partial charge in [-0.15, -0.1) is 0 Å². The highest BCUT2D eigenvalue weighted by atomic mass is 32.3. The first-order chi connectivity index (χ1) is 67.3. The van der Waals surface area contributed by atoms with E-state index in [4.69, 9.17) is 104 Å². The smallest absolute Gasteiger partial charge is 0.397 e. The molecule has 0 aromatic carbocycles. The average Bonchev–Trinajstić information content (AvgIpc) is 0.747. The molecule has 11 rings (SSSR count). The third-order valence-corrected chi connectivity index (χ3v) is 26.2. The number of amides is 4. The van der Waals surface area contributed by atoms with Crippen molar-refractivity contribution in [2.45, 2.75) is 384 Å². The van der Waals surface area contributed by atoms with E-state index in [1.807, 2.05) is 5.32 Å². The number of hydrogen-bond donors (Lipinski definition) is 36. The highest BCUT2D eigenvalue weighted by Gasteiger charge is 2.66. The number of ether oxygens (including phenoxy) is 21. The normalized spacial score (nSPS) is 48.0. The minimum Gasteiger partial charge on any atom is -0.477 e. The zero-order chi connectivity index (χ0) is 106. The lowest BCUT2D eigenvalue weighted by Crippen LogP contribution is -2.72. The Balaban J connectivity index is 0.973. The number of aliphatic hydroxyl groups is 30. The van der Waals surface area contributed by atoms with Gasteiger partial charge in [-0.25, -0.2) is 8.98 Å². The Morgan fingerprint density at radius 1 is 0.350 bits per heavy atom. The Bertz CT molecular complexity index is 4160. The highest BCUT2D eigenvalue weighted by molar-refractivity contribution is 7.80. The van der Waals surface area contributed by atoms with Gasteiger partial charge in [-0.05, 0) is 13.8 Å². The van der Waals surface area contributed by atoms with Crippen molar-refractivity contribution in [3.8, 4) is 0 Å². The predicted molar refractivity (Wildman–Crippen MR) is 435 cm³/mol. The second-order valence-electron chi connectivity index (χ2n) is 35.7. The molecule has 65 nitrogen and oxygen atoms in total. The molecule has 36 N–H and O–H groups in total. The fourth-order valence-electron chi connectivity index (χ4n) is 18.2. The van der Waals surface area contributed by atoms with E-state index in [-0.39, 0.29) is 0 Å². The van der Waals surface area contributed by atoms with Crippen molar-refractivity contribution in [2.75, 3.05) is 66.1 Å². The van der Waals surface area contributed by atoms with E-state index in [1.165, 1.54) is 6.92 Å². The minimum atomic E-state index is -6.01. The van der Waals surface area contributed by atoms with Crippen molar-refractivity contribution >= 4 is 40.0 Å². The molecular weight excluding hydrogens is 1990 g/mol. The van der Waals surface area contributed by atoms with Crippen LogP contribution in [-0.2, 0) is 138 Å². The van der Waals surface area contributed by atoms with E-state index >= 15 is 0 Å². The zero-order valence-corrected chi connectivity index (χ0v) is 76.9. The van der Waals surface area contributed by atoms with Crippen LogP contribution in [0.1, 0.15) is 41.0 Å². The molecule has 4 amide bonds. The van der Waals surface area contributed by atoms with Crippen molar-refractivity contribution in [1.82, 2.24) is 21.3 Å². The maximum Gasteiger partial charge on any atom is 0.397 e. The molecule has 0 bridgehead atoms. The van der Waals surface area contributed by atoms with E-state index < -0.39 is 456 Å². The van der Waals surface area contributed by atoms with Gasteiger partial charge in [0.1, 0.15) is 257 Å². The van der Waals surface area contributed by atoms with Crippen LogP contribution in [0.15, 0.2) is 0 Å². The highest BCUT2D eigenvalue weighted by Crippen LogP contribution is 2.44. The summed E-state index contributed by atoms with van der Waals surface area (Å²) in [4.78, 5) is 66.3. The topological polar surface area (TPSA) is 1020 Å². The first-order valence-electron chi connectivity index (χ1n) is 44.8. The van der Waals surface area contributed by atoms with Crippen molar-refractivity contribution in [1.29, 1.82) is 0 Å². The molecular formula is C77H128N4O61S. The zero-order valence-electron chi connectivity index (χ0n) is 76.1. The molecule has 0 aromatic heterocycles. The predicted octanol–water partition coefficient (Wildman–Crippen LogP) is -24.3. The van der Waals surface area contributed by atoms with E-state index in [0.717, 1.165) is 27.7 Å². The number of carboxylic acid groups (broad SMARTS) is 1. The van der Waals surface area contributed by atoms with Crippen LogP contribution in [0.3, 0.4) is 0 Å². The van der Waals surface area contributed by atoms with E-state index in [0.29, 0.717) is 0 Å². The van der Waals surface area contributed by atoms with Gasteiger partial charge in [-0.1, -0.05) is 0 Å². The Morgan fingerprint density at radius 3 is 1.26 bits per heavy atom. The second-order valence-corrected chi connectivity index (χ2v) is 36.8. The lowest BCUT2D eigenvalue weighted by atomic mass is 9.88.